The summed E-state index contributed by atoms with van der Waals surface area (Å²) in [5.74, 6) is 0. The predicted molar refractivity (Wildman–Crippen MR) is 78.0 cm³/mol. The minimum atomic E-state index is 0.482. The lowest BCUT2D eigenvalue weighted by Crippen LogP contribution is -2.49. The smallest absolute Gasteiger partial charge is 0.101 e. The molecule has 0 aliphatic carbocycles. The first-order chi connectivity index (χ1) is 9.15. The monoisotopic (exact) mass is 258 g/mol. The van der Waals surface area contributed by atoms with Crippen LogP contribution in [0.5, 0.6) is 0 Å². The zero-order valence-corrected chi connectivity index (χ0v) is 11.8. The van der Waals surface area contributed by atoms with Crippen LogP contribution in [0.3, 0.4) is 0 Å². The van der Waals surface area contributed by atoms with Crippen molar-refractivity contribution in [2.45, 2.75) is 26.4 Å². The van der Waals surface area contributed by atoms with Gasteiger partial charge in [-0.05, 0) is 31.5 Å². The van der Waals surface area contributed by atoms with Crippen LogP contribution in [-0.4, -0.2) is 37.1 Å². The van der Waals surface area contributed by atoms with E-state index in [0.717, 1.165) is 43.0 Å². The SMILES string of the molecule is CC(C)N1CCN(c2ccc(CN)cc2C#N)CC1. The molecule has 1 aliphatic rings. The van der Waals surface area contributed by atoms with Crippen molar-refractivity contribution in [2.24, 2.45) is 5.73 Å². The minimum absolute atomic E-state index is 0.482. The van der Waals surface area contributed by atoms with Gasteiger partial charge in [0.05, 0.1) is 11.3 Å². The van der Waals surface area contributed by atoms with Gasteiger partial charge in [-0.3, -0.25) is 4.90 Å². The first kappa shape index (κ1) is 13.9. The lowest BCUT2D eigenvalue weighted by Gasteiger charge is -2.38. The molecule has 1 fully saturated rings. The molecule has 2 N–H and O–H groups in total. The van der Waals surface area contributed by atoms with Gasteiger partial charge in [0.2, 0.25) is 0 Å². The van der Waals surface area contributed by atoms with Gasteiger partial charge in [-0.25, -0.2) is 0 Å². The van der Waals surface area contributed by atoms with Crippen LogP contribution in [0.2, 0.25) is 0 Å². The van der Waals surface area contributed by atoms with Crippen molar-refractivity contribution in [1.82, 2.24) is 4.90 Å². The Bertz CT molecular complexity index is 468. The molecule has 0 saturated carbocycles. The highest BCUT2D eigenvalue weighted by Crippen LogP contribution is 2.23. The molecule has 4 nitrogen and oxygen atoms in total. The number of hydrogen-bond donors (Lipinski definition) is 1. The van der Waals surface area contributed by atoms with Crippen molar-refractivity contribution < 1.29 is 0 Å². The van der Waals surface area contributed by atoms with Crippen molar-refractivity contribution in [3.05, 3.63) is 29.3 Å². The van der Waals surface area contributed by atoms with E-state index in [2.05, 4.69) is 29.7 Å². The van der Waals surface area contributed by atoms with Gasteiger partial charge >= 0.3 is 0 Å². The zero-order chi connectivity index (χ0) is 13.8. The molecule has 0 amide bonds. The van der Waals surface area contributed by atoms with Crippen LogP contribution < -0.4 is 10.6 Å². The molecular weight excluding hydrogens is 236 g/mol. The Labute approximate surface area is 115 Å². The van der Waals surface area contributed by atoms with Crippen molar-refractivity contribution in [3.8, 4) is 6.07 Å². The Morgan fingerprint density at radius 3 is 2.47 bits per heavy atom. The van der Waals surface area contributed by atoms with Crippen molar-refractivity contribution in [3.63, 3.8) is 0 Å². The fourth-order valence-corrected chi connectivity index (χ4v) is 2.55. The molecule has 1 aromatic rings. The molecule has 102 valence electrons. The fraction of sp³-hybridized carbons (Fsp3) is 0.533. The number of nitriles is 1. The van der Waals surface area contributed by atoms with E-state index in [4.69, 9.17) is 5.73 Å². The third-order valence-electron chi connectivity index (χ3n) is 3.80. The predicted octanol–water partition coefficient (Wildman–Crippen LogP) is 1.55. The van der Waals surface area contributed by atoms with Gasteiger partial charge in [0.25, 0.3) is 0 Å². The Balaban J connectivity index is 2.13. The van der Waals surface area contributed by atoms with E-state index >= 15 is 0 Å². The van der Waals surface area contributed by atoms with Crippen LogP contribution in [0, 0.1) is 11.3 Å². The zero-order valence-electron chi connectivity index (χ0n) is 11.8. The standard InChI is InChI=1S/C15H22N4/c1-12(2)18-5-7-19(8-6-18)15-4-3-13(10-16)9-14(15)11-17/h3-4,9,12H,5-8,10,16H2,1-2H3. The van der Waals surface area contributed by atoms with E-state index in [1.165, 1.54) is 0 Å². The van der Waals surface area contributed by atoms with Crippen LogP contribution in [0.4, 0.5) is 5.69 Å². The topological polar surface area (TPSA) is 56.3 Å². The van der Waals surface area contributed by atoms with Crippen molar-refractivity contribution in [2.75, 3.05) is 31.1 Å². The van der Waals surface area contributed by atoms with Crippen molar-refractivity contribution >= 4 is 5.69 Å². The average Bonchev–Trinajstić information content (AvgIpc) is 2.46. The molecule has 1 heterocycles. The summed E-state index contributed by atoms with van der Waals surface area (Å²) >= 11 is 0. The Morgan fingerprint density at radius 2 is 1.95 bits per heavy atom. The Kier molecular flexibility index (Phi) is 4.41. The molecule has 1 aromatic carbocycles. The highest BCUT2D eigenvalue weighted by Gasteiger charge is 2.20. The second kappa shape index (κ2) is 6.05. The molecule has 0 unspecified atom stereocenters. The number of anilines is 1. The third-order valence-corrected chi connectivity index (χ3v) is 3.80. The molecule has 0 aromatic heterocycles. The number of nitrogens with zero attached hydrogens (tertiary/aromatic N) is 3. The number of piperazine rings is 1. The van der Waals surface area contributed by atoms with Crippen molar-refractivity contribution in [1.29, 1.82) is 5.26 Å². The molecule has 1 saturated heterocycles. The third kappa shape index (κ3) is 3.06. The summed E-state index contributed by atoms with van der Waals surface area (Å²) in [5, 5.41) is 9.28. The molecule has 0 atom stereocenters. The van der Waals surface area contributed by atoms with Gasteiger partial charge in [0.1, 0.15) is 6.07 Å². The molecule has 1 aliphatic heterocycles. The quantitative estimate of drug-likeness (QED) is 0.893. The largest absolute Gasteiger partial charge is 0.368 e. The van der Waals surface area contributed by atoms with Crippen LogP contribution in [-0.2, 0) is 6.54 Å². The van der Waals surface area contributed by atoms with E-state index in [-0.39, 0.29) is 0 Å². The molecule has 0 radical (unpaired) electrons. The number of nitrogens with two attached hydrogens (primary N) is 1. The number of hydrogen-bond acceptors (Lipinski definition) is 4. The molecule has 2 rings (SSSR count). The average molecular weight is 258 g/mol. The van der Waals surface area contributed by atoms with Gasteiger partial charge in [-0.2, -0.15) is 5.26 Å². The van der Waals surface area contributed by atoms with E-state index in [1.54, 1.807) is 0 Å². The second-order valence-electron chi connectivity index (χ2n) is 5.28. The Morgan fingerprint density at radius 1 is 1.26 bits per heavy atom. The lowest BCUT2D eigenvalue weighted by molar-refractivity contribution is 0.209. The summed E-state index contributed by atoms with van der Waals surface area (Å²) in [6, 6.07) is 8.84. The summed E-state index contributed by atoms with van der Waals surface area (Å²) in [7, 11) is 0. The van der Waals surface area contributed by atoms with Crippen LogP contribution >= 0.6 is 0 Å². The fourth-order valence-electron chi connectivity index (χ4n) is 2.55. The van der Waals surface area contributed by atoms with Gasteiger partial charge in [0, 0.05) is 38.8 Å². The maximum Gasteiger partial charge on any atom is 0.101 e. The van der Waals surface area contributed by atoms with Gasteiger partial charge in [-0.1, -0.05) is 6.07 Å². The molecule has 0 bridgehead atoms. The van der Waals surface area contributed by atoms with E-state index in [0.29, 0.717) is 12.6 Å². The maximum absolute atomic E-state index is 9.28. The summed E-state index contributed by atoms with van der Waals surface area (Å²) in [5.41, 5.74) is 8.42. The van der Waals surface area contributed by atoms with Crippen LogP contribution in [0.1, 0.15) is 25.0 Å². The molecule has 0 spiro atoms. The van der Waals surface area contributed by atoms with Crippen LogP contribution in [0.25, 0.3) is 0 Å². The molecule has 19 heavy (non-hydrogen) atoms. The summed E-state index contributed by atoms with van der Waals surface area (Å²) in [6.45, 7) is 9.01. The summed E-state index contributed by atoms with van der Waals surface area (Å²) in [6.07, 6.45) is 0. The number of benzene rings is 1. The van der Waals surface area contributed by atoms with Gasteiger partial charge in [-0.15, -0.1) is 0 Å². The molecular formula is C15H22N4. The first-order valence-electron chi connectivity index (χ1n) is 6.87. The van der Waals surface area contributed by atoms with E-state index < -0.39 is 0 Å². The summed E-state index contributed by atoms with van der Waals surface area (Å²) < 4.78 is 0. The van der Waals surface area contributed by atoms with Gasteiger partial charge in [0.15, 0.2) is 0 Å². The Hall–Kier alpha value is -1.57. The van der Waals surface area contributed by atoms with E-state index in [9.17, 15) is 5.26 Å². The molecule has 4 heteroatoms. The lowest BCUT2D eigenvalue weighted by atomic mass is 10.1. The van der Waals surface area contributed by atoms with Gasteiger partial charge < -0.3 is 10.6 Å². The normalized spacial score (nSPS) is 16.7. The minimum Gasteiger partial charge on any atom is -0.368 e. The highest BCUT2D eigenvalue weighted by molar-refractivity contribution is 5.60. The van der Waals surface area contributed by atoms with Crippen LogP contribution in [0.15, 0.2) is 18.2 Å². The first-order valence-corrected chi connectivity index (χ1v) is 6.87. The maximum atomic E-state index is 9.28. The summed E-state index contributed by atoms with van der Waals surface area (Å²) in [4.78, 5) is 4.77. The van der Waals surface area contributed by atoms with E-state index in [1.807, 2.05) is 18.2 Å². The second-order valence-corrected chi connectivity index (χ2v) is 5.28. The number of rotatable bonds is 3. The highest BCUT2D eigenvalue weighted by atomic mass is 15.3.